The Kier molecular flexibility index (Phi) is 4.16. The first kappa shape index (κ1) is 13.5. The van der Waals surface area contributed by atoms with Crippen LogP contribution in [-0.4, -0.2) is 19.7 Å². The Labute approximate surface area is 115 Å². The second-order valence-electron chi connectivity index (χ2n) is 4.01. The number of benzene rings is 1. The number of aromatic nitrogens is 3. The van der Waals surface area contributed by atoms with Crippen molar-refractivity contribution in [3.05, 3.63) is 46.3 Å². The average Bonchev–Trinajstić information content (AvgIpc) is 2.86. The van der Waals surface area contributed by atoms with E-state index in [4.69, 9.17) is 0 Å². The molecule has 19 heavy (non-hydrogen) atoms. The normalized spacial score (nSPS) is 12.3. The fourth-order valence-electron chi connectivity index (χ4n) is 1.67. The zero-order valence-corrected chi connectivity index (χ0v) is 11.5. The van der Waals surface area contributed by atoms with Gasteiger partial charge in [0.2, 0.25) is 0 Å². The largest absolute Gasteiger partial charge is 0.309 e. The molecule has 0 spiro atoms. The zero-order valence-electron chi connectivity index (χ0n) is 10.7. The van der Waals surface area contributed by atoms with Gasteiger partial charge in [-0.05, 0) is 19.4 Å². The van der Waals surface area contributed by atoms with E-state index in [1.807, 2.05) is 24.5 Å². The molecule has 0 aliphatic heterocycles. The molecule has 0 aliphatic carbocycles. The van der Waals surface area contributed by atoms with Crippen molar-refractivity contribution in [3.8, 4) is 0 Å². The third-order valence-electron chi connectivity index (χ3n) is 2.75. The van der Waals surface area contributed by atoms with Gasteiger partial charge in [0.25, 0.3) is 5.69 Å². The Bertz CT molecular complexity index is 585. The van der Waals surface area contributed by atoms with Crippen molar-refractivity contribution in [1.82, 2.24) is 14.8 Å². The quantitative estimate of drug-likeness (QED) is 0.477. The molecule has 1 aromatic heterocycles. The lowest BCUT2D eigenvalue weighted by Gasteiger charge is -2.11. The standard InChI is InChI=1S/C12H14N4O2S/c1-3-15-8-13-14-12(15)19-9(2)10-5-4-6-11(7-10)16(17)18/h4-9H,3H2,1-2H3/t9-/m1/s1. The van der Waals surface area contributed by atoms with Crippen LogP contribution in [0, 0.1) is 10.1 Å². The van der Waals surface area contributed by atoms with Crippen molar-refractivity contribution in [2.75, 3.05) is 0 Å². The molecule has 6 nitrogen and oxygen atoms in total. The predicted molar refractivity (Wildman–Crippen MR) is 73.1 cm³/mol. The third kappa shape index (κ3) is 3.11. The Balaban J connectivity index is 2.18. The summed E-state index contributed by atoms with van der Waals surface area (Å²) in [6, 6.07) is 6.69. The first-order valence-corrected chi connectivity index (χ1v) is 6.78. The molecule has 2 aromatic rings. The Hall–Kier alpha value is -1.89. The molecule has 1 atom stereocenters. The molecule has 0 saturated carbocycles. The van der Waals surface area contributed by atoms with Crippen LogP contribution in [0.5, 0.6) is 0 Å². The minimum atomic E-state index is -0.380. The van der Waals surface area contributed by atoms with E-state index in [9.17, 15) is 10.1 Å². The summed E-state index contributed by atoms with van der Waals surface area (Å²) in [7, 11) is 0. The maximum atomic E-state index is 10.8. The van der Waals surface area contributed by atoms with Crippen LogP contribution in [0.3, 0.4) is 0 Å². The van der Waals surface area contributed by atoms with Gasteiger partial charge in [0.15, 0.2) is 5.16 Å². The molecule has 1 heterocycles. The molecule has 0 aliphatic rings. The summed E-state index contributed by atoms with van der Waals surface area (Å²) >= 11 is 1.54. The lowest BCUT2D eigenvalue weighted by atomic mass is 10.1. The molecule has 0 saturated heterocycles. The minimum absolute atomic E-state index is 0.0781. The fraction of sp³-hybridized carbons (Fsp3) is 0.333. The lowest BCUT2D eigenvalue weighted by molar-refractivity contribution is -0.384. The highest BCUT2D eigenvalue weighted by molar-refractivity contribution is 7.99. The Morgan fingerprint density at radius 2 is 2.32 bits per heavy atom. The Morgan fingerprint density at radius 1 is 1.53 bits per heavy atom. The van der Waals surface area contributed by atoms with Gasteiger partial charge in [-0.25, -0.2) is 0 Å². The third-order valence-corrected chi connectivity index (χ3v) is 3.91. The number of hydrogen-bond donors (Lipinski definition) is 0. The van der Waals surface area contributed by atoms with Crippen LogP contribution in [0.25, 0.3) is 0 Å². The molecule has 0 bridgehead atoms. The number of rotatable bonds is 5. The van der Waals surface area contributed by atoms with Gasteiger partial charge in [-0.3, -0.25) is 10.1 Å². The number of non-ortho nitro benzene ring substituents is 1. The van der Waals surface area contributed by atoms with Gasteiger partial charge in [-0.15, -0.1) is 10.2 Å². The van der Waals surface area contributed by atoms with Gasteiger partial charge >= 0.3 is 0 Å². The zero-order chi connectivity index (χ0) is 13.8. The van der Waals surface area contributed by atoms with Crippen molar-refractivity contribution in [3.63, 3.8) is 0 Å². The number of nitro groups is 1. The summed E-state index contributed by atoms with van der Waals surface area (Å²) in [6.07, 6.45) is 1.68. The number of thioether (sulfide) groups is 1. The summed E-state index contributed by atoms with van der Waals surface area (Å²) in [5, 5.41) is 19.6. The second kappa shape index (κ2) is 5.83. The number of nitro benzene ring substituents is 1. The van der Waals surface area contributed by atoms with Crippen LogP contribution in [0.4, 0.5) is 5.69 Å². The first-order chi connectivity index (χ1) is 9.11. The molecule has 0 unspecified atom stereocenters. The molecule has 100 valence electrons. The summed E-state index contributed by atoms with van der Waals surface area (Å²) < 4.78 is 1.94. The van der Waals surface area contributed by atoms with Gasteiger partial charge in [-0.2, -0.15) is 0 Å². The molecular formula is C12H14N4O2S. The lowest BCUT2D eigenvalue weighted by Crippen LogP contribution is -1.97. The van der Waals surface area contributed by atoms with Gasteiger partial charge in [-0.1, -0.05) is 23.9 Å². The highest BCUT2D eigenvalue weighted by Gasteiger charge is 2.14. The monoisotopic (exact) mass is 278 g/mol. The van der Waals surface area contributed by atoms with Crippen LogP contribution in [0.2, 0.25) is 0 Å². The van der Waals surface area contributed by atoms with E-state index in [-0.39, 0.29) is 15.9 Å². The van der Waals surface area contributed by atoms with Crippen LogP contribution >= 0.6 is 11.8 Å². The van der Waals surface area contributed by atoms with Crippen molar-refractivity contribution < 1.29 is 4.92 Å². The van der Waals surface area contributed by atoms with Crippen LogP contribution < -0.4 is 0 Å². The van der Waals surface area contributed by atoms with Crippen molar-refractivity contribution in [1.29, 1.82) is 0 Å². The van der Waals surface area contributed by atoms with E-state index in [0.29, 0.717) is 0 Å². The SMILES string of the molecule is CCn1cnnc1S[C@H](C)c1cccc([N+](=O)[O-])c1. The number of aryl methyl sites for hydroxylation is 1. The van der Waals surface area contributed by atoms with Crippen LogP contribution in [0.1, 0.15) is 24.7 Å². The predicted octanol–water partition coefficient (Wildman–Crippen LogP) is 3.06. The molecule has 0 radical (unpaired) electrons. The molecule has 1 aromatic carbocycles. The maximum absolute atomic E-state index is 10.8. The maximum Gasteiger partial charge on any atom is 0.269 e. The summed E-state index contributed by atoms with van der Waals surface area (Å²) in [5.41, 5.74) is 1.02. The van der Waals surface area contributed by atoms with E-state index in [1.54, 1.807) is 30.2 Å². The van der Waals surface area contributed by atoms with Crippen molar-refractivity contribution in [2.24, 2.45) is 0 Å². The molecule has 0 amide bonds. The van der Waals surface area contributed by atoms with Gasteiger partial charge in [0.05, 0.1) is 4.92 Å². The number of nitrogens with zero attached hydrogens (tertiary/aromatic N) is 4. The highest BCUT2D eigenvalue weighted by Crippen LogP contribution is 2.34. The van der Waals surface area contributed by atoms with Crippen LogP contribution in [0.15, 0.2) is 35.7 Å². The van der Waals surface area contributed by atoms with Gasteiger partial charge < -0.3 is 4.57 Å². The molecule has 0 N–H and O–H groups in total. The number of hydrogen-bond acceptors (Lipinski definition) is 5. The van der Waals surface area contributed by atoms with E-state index in [1.165, 1.54) is 6.07 Å². The first-order valence-electron chi connectivity index (χ1n) is 5.90. The summed E-state index contributed by atoms with van der Waals surface area (Å²) in [6.45, 7) is 4.82. The van der Waals surface area contributed by atoms with Crippen molar-refractivity contribution in [2.45, 2.75) is 30.8 Å². The van der Waals surface area contributed by atoms with E-state index >= 15 is 0 Å². The summed E-state index contributed by atoms with van der Waals surface area (Å²) in [5.74, 6) is 0. The van der Waals surface area contributed by atoms with Crippen molar-refractivity contribution >= 4 is 17.4 Å². The molecule has 0 fully saturated rings. The molecule has 2 rings (SSSR count). The summed E-state index contributed by atoms with van der Waals surface area (Å²) in [4.78, 5) is 10.4. The fourth-order valence-corrected chi connectivity index (χ4v) is 2.67. The van der Waals surface area contributed by atoms with Crippen LogP contribution in [-0.2, 0) is 6.54 Å². The molecule has 7 heteroatoms. The smallest absolute Gasteiger partial charge is 0.269 e. The second-order valence-corrected chi connectivity index (χ2v) is 5.32. The average molecular weight is 278 g/mol. The van der Waals surface area contributed by atoms with Gasteiger partial charge in [0.1, 0.15) is 6.33 Å². The van der Waals surface area contributed by atoms with E-state index in [0.717, 1.165) is 17.3 Å². The minimum Gasteiger partial charge on any atom is -0.309 e. The Morgan fingerprint density at radius 3 is 3.00 bits per heavy atom. The highest BCUT2D eigenvalue weighted by atomic mass is 32.2. The molecular weight excluding hydrogens is 264 g/mol. The van der Waals surface area contributed by atoms with Gasteiger partial charge in [0, 0.05) is 23.9 Å². The van der Waals surface area contributed by atoms with E-state index < -0.39 is 0 Å². The van der Waals surface area contributed by atoms with E-state index in [2.05, 4.69) is 10.2 Å². The topological polar surface area (TPSA) is 73.8 Å².